The van der Waals surface area contributed by atoms with Crippen LogP contribution in [-0.4, -0.2) is 35.4 Å². The summed E-state index contributed by atoms with van der Waals surface area (Å²) >= 11 is 6.31. The lowest BCUT2D eigenvalue weighted by molar-refractivity contribution is -0.0363. The predicted octanol–water partition coefficient (Wildman–Crippen LogP) is 5.94. The molecule has 0 aromatic heterocycles. The number of fused-ring (bicyclic) bond motifs is 1. The number of rotatable bonds is 7. The second kappa shape index (κ2) is 8.94. The monoisotopic (exact) mass is 424 g/mol. The van der Waals surface area contributed by atoms with Crippen molar-refractivity contribution in [3.8, 4) is 0 Å². The Bertz CT molecular complexity index is 1050. The van der Waals surface area contributed by atoms with E-state index in [4.69, 9.17) is 21.4 Å². The third-order valence-electron chi connectivity index (χ3n) is 5.53. The van der Waals surface area contributed by atoms with Crippen molar-refractivity contribution < 1.29 is 14.6 Å². The summed E-state index contributed by atoms with van der Waals surface area (Å²) in [4.78, 5) is 12.8. The maximum atomic E-state index is 10.6. The molecular formula is C24H25ClN2O3. The Hall–Kier alpha value is -2.76. The number of hydrogen-bond acceptors (Lipinski definition) is 4. The Morgan fingerprint density at radius 2 is 2.00 bits per heavy atom. The fraction of sp³-hybridized carbons (Fsp3) is 0.292. The fourth-order valence-electron chi connectivity index (χ4n) is 3.99. The highest BCUT2D eigenvalue weighted by Gasteiger charge is 2.29. The largest absolute Gasteiger partial charge is 0.506 e. The van der Waals surface area contributed by atoms with Gasteiger partial charge < -0.3 is 15.2 Å². The van der Waals surface area contributed by atoms with E-state index in [9.17, 15) is 4.79 Å². The van der Waals surface area contributed by atoms with E-state index in [1.165, 1.54) is 11.1 Å². The first-order valence-electron chi connectivity index (χ1n) is 10.2. The van der Waals surface area contributed by atoms with Crippen LogP contribution < -0.4 is 5.32 Å². The molecule has 0 amide bonds. The highest BCUT2D eigenvalue weighted by atomic mass is 35.5. The summed E-state index contributed by atoms with van der Waals surface area (Å²) < 4.78 is 4.79. The Labute approximate surface area is 181 Å². The number of carbonyl (C=O) groups is 1. The molecule has 3 aromatic rings. The molecule has 1 fully saturated rings. The molecule has 0 radical (unpaired) electrons. The smallest absolute Gasteiger partial charge is 0.450 e. The van der Waals surface area contributed by atoms with E-state index in [2.05, 4.69) is 65.7 Å². The molecule has 156 valence electrons. The summed E-state index contributed by atoms with van der Waals surface area (Å²) in [6.45, 7) is 4.23. The Balaban J connectivity index is 1.43. The van der Waals surface area contributed by atoms with Gasteiger partial charge in [-0.25, -0.2) is 4.79 Å². The summed E-state index contributed by atoms with van der Waals surface area (Å²) in [6.07, 6.45) is -0.460. The molecule has 0 spiro atoms. The van der Waals surface area contributed by atoms with E-state index in [0.29, 0.717) is 13.1 Å². The van der Waals surface area contributed by atoms with Gasteiger partial charge in [0.2, 0.25) is 0 Å². The van der Waals surface area contributed by atoms with Gasteiger partial charge in [0.25, 0.3) is 0 Å². The van der Waals surface area contributed by atoms with E-state index < -0.39 is 6.16 Å². The number of halogens is 1. The van der Waals surface area contributed by atoms with Crippen molar-refractivity contribution in [3.05, 3.63) is 76.8 Å². The van der Waals surface area contributed by atoms with Crippen molar-refractivity contribution in [3.63, 3.8) is 0 Å². The summed E-state index contributed by atoms with van der Waals surface area (Å²) in [7, 11) is 0. The van der Waals surface area contributed by atoms with Crippen LogP contribution in [0.15, 0.2) is 60.7 Å². The van der Waals surface area contributed by atoms with Gasteiger partial charge in [-0.2, -0.15) is 0 Å². The lowest BCUT2D eigenvalue weighted by atomic mass is 9.99. The van der Waals surface area contributed by atoms with Crippen LogP contribution in [-0.2, 0) is 11.3 Å². The van der Waals surface area contributed by atoms with Gasteiger partial charge >= 0.3 is 6.16 Å². The zero-order chi connectivity index (χ0) is 21.1. The summed E-state index contributed by atoms with van der Waals surface area (Å²) in [5, 5.41) is 15.3. The van der Waals surface area contributed by atoms with Gasteiger partial charge in [-0.05, 0) is 47.2 Å². The van der Waals surface area contributed by atoms with Gasteiger partial charge in [-0.3, -0.25) is 4.90 Å². The molecule has 0 aliphatic carbocycles. The molecule has 1 atom stereocenters. The molecule has 1 heterocycles. The molecule has 1 saturated heterocycles. The minimum Gasteiger partial charge on any atom is -0.450 e. The number of hydrogen-bond donors (Lipinski definition) is 2. The maximum Gasteiger partial charge on any atom is 0.506 e. The first-order valence-corrected chi connectivity index (χ1v) is 10.5. The van der Waals surface area contributed by atoms with Crippen molar-refractivity contribution in [2.24, 2.45) is 0 Å². The lowest BCUT2D eigenvalue weighted by Crippen LogP contribution is -2.52. The predicted molar refractivity (Wildman–Crippen MR) is 120 cm³/mol. The summed E-state index contributed by atoms with van der Waals surface area (Å²) in [5.41, 5.74) is 3.49. The van der Waals surface area contributed by atoms with E-state index >= 15 is 0 Å². The number of ether oxygens (including phenoxy) is 1. The third kappa shape index (κ3) is 4.69. The van der Waals surface area contributed by atoms with Gasteiger partial charge in [0.05, 0.1) is 6.04 Å². The average molecular weight is 425 g/mol. The molecular weight excluding hydrogens is 400 g/mol. The minimum atomic E-state index is -1.20. The summed E-state index contributed by atoms with van der Waals surface area (Å²) in [5.74, 6) is 0. The van der Waals surface area contributed by atoms with Crippen LogP contribution in [0, 0.1) is 0 Å². The van der Waals surface area contributed by atoms with Crippen LogP contribution in [0.4, 0.5) is 10.5 Å². The molecule has 0 unspecified atom stereocenters. The molecule has 6 heteroatoms. The van der Waals surface area contributed by atoms with Gasteiger partial charge in [0.15, 0.2) is 0 Å². The van der Waals surface area contributed by atoms with Crippen molar-refractivity contribution in [2.45, 2.75) is 32.0 Å². The Kier molecular flexibility index (Phi) is 6.11. The number of benzene rings is 3. The lowest BCUT2D eigenvalue weighted by Gasteiger charge is -2.37. The van der Waals surface area contributed by atoms with Crippen LogP contribution in [0.2, 0.25) is 5.02 Å². The number of carboxylic acid groups (broad SMARTS) is 1. The van der Waals surface area contributed by atoms with Crippen LogP contribution >= 0.6 is 11.6 Å². The molecule has 4 rings (SSSR count). The molecule has 5 nitrogen and oxygen atoms in total. The normalized spacial score (nSPS) is 15.5. The van der Waals surface area contributed by atoms with E-state index in [1.54, 1.807) is 0 Å². The number of anilines is 1. The number of nitrogens with one attached hydrogen (secondary N) is 1. The summed E-state index contributed by atoms with van der Waals surface area (Å²) in [6, 6.07) is 21.0. The van der Waals surface area contributed by atoms with Gasteiger partial charge in [0.1, 0.15) is 6.10 Å². The first kappa shape index (κ1) is 20.5. The average Bonchev–Trinajstić information content (AvgIpc) is 2.70. The topological polar surface area (TPSA) is 61.8 Å². The molecule has 2 N–H and O–H groups in total. The Morgan fingerprint density at radius 1 is 1.20 bits per heavy atom. The highest BCUT2D eigenvalue weighted by Crippen LogP contribution is 2.29. The molecule has 0 saturated carbocycles. The van der Waals surface area contributed by atoms with Crippen LogP contribution in [0.1, 0.15) is 30.5 Å². The van der Waals surface area contributed by atoms with Crippen molar-refractivity contribution in [1.29, 1.82) is 0 Å². The number of likely N-dealkylation sites (tertiary alicyclic amines) is 1. The molecule has 1 aliphatic rings. The minimum absolute atomic E-state index is 0.195. The highest BCUT2D eigenvalue weighted by molar-refractivity contribution is 6.35. The van der Waals surface area contributed by atoms with Crippen molar-refractivity contribution in [1.82, 2.24) is 4.90 Å². The van der Waals surface area contributed by atoms with Crippen LogP contribution in [0.25, 0.3) is 10.8 Å². The van der Waals surface area contributed by atoms with Crippen LogP contribution in [0.3, 0.4) is 0 Å². The quantitative estimate of drug-likeness (QED) is 0.460. The van der Waals surface area contributed by atoms with E-state index in [1.807, 2.05) is 12.1 Å². The first-order chi connectivity index (χ1) is 14.5. The molecule has 0 bridgehead atoms. The zero-order valence-corrected chi connectivity index (χ0v) is 17.6. The second-order valence-electron chi connectivity index (χ2n) is 7.73. The zero-order valence-electron chi connectivity index (χ0n) is 16.8. The third-order valence-corrected chi connectivity index (χ3v) is 5.86. The van der Waals surface area contributed by atoms with Crippen molar-refractivity contribution in [2.75, 3.05) is 18.4 Å². The standard InChI is InChI=1S/C24H25ClN2O3/c1-2-23(18-9-10-21-17(12-18)6-4-8-22(21)25)26-19-7-3-5-16(11-19)13-27-14-20(15-27)30-24(28)29/h3-12,20,23,26H,2,13-15H2,1H3,(H,28,29)/t23-/m1/s1. The number of nitrogens with zero attached hydrogens (tertiary/aromatic N) is 1. The second-order valence-corrected chi connectivity index (χ2v) is 8.13. The van der Waals surface area contributed by atoms with Gasteiger partial charge in [0, 0.05) is 35.7 Å². The van der Waals surface area contributed by atoms with E-state index in [-0.39, 0.29) is 12.1 Å². The Morgan fingerprint density at radius 3 is 2.77 bits per heavy atom. The van der Waals surface area contributed by atoms with Gasteiger partial charge in [-0.15, -0.1) is 0 Å². The fourth-order valence-corrected chi connectivity index (χ4v) is 4.23. The maximum absolute atomic E-state index is 10.6. The van der Waals surface area contributed by atoms with Gasteiger partial charge in [-0.1, -0.05) is 54.9 Å². The SMILES string of the molecule is CC[C@@H](Nc1cccc(CN2CC(OC(=O)O)C2)c1)c1ccc2c(Cl)cccc2c1. The molecule has 1 aliphatic heterocycles. The van der Waals surface area contributed by atoms with Crippen molar-refractivity contribution >= 4 is 34.2 Å². The van der Waals surface area contributed by atoms with E-state index in [0.717, 1.165) is 34.4 Å². The van der Waals surface area contributed by atoms with Crippen LogP contribution in [0.5, 0.6) is 0 Å². The molecule has 3 aromatic carbocycles. The molecule has 30 heavy (non-hydrogen) atoms.